The lowest BCUT2D eigenvalue weighted by Gasteiger charge is -2.35. The van der Waals surface area contributed by atoms with Gasteiger partial charge in [-0.2, -0.15) is 0 Å². The highest BCUT2D eigenvalue weighted by molar-refractivity contribution is 5.75. The van der Waals surface area contributed by atoms with Crippen LogP contribution in [0, 0.1) is 16.2 Å². The van der Waals surface area contributed by atoms with Crippen LogP contribution in [-0.4, -0.2) is 18.9 Å². The summed E-state index contributed by atoms with van der Waals surface area (Å²) in [6, 6.07) is 0. The molecule has 1 unspecified atom stereocenters. The van der Waals surface area contributed by atoms with Gasteiger partial charge in [0.25, 0.3) is 0 Å². The average Bonchev–Trinajstić information content (AvgIpc) is 2.80. The summed E-state index contributed by atoms with van der Waals surface area (Å²) in [4.78, 5) is 12.3. The molecule has 21 heavy (non-hydrogen) atoms. The molecular formula is C18H34O3. The minimum atomic E-state index is -0.478. The Morgan fingerprint density at radius 2 is 1.67 bits per heavy atom. The van der Waals surface area contributed by atoms with Crippen LogP contribution in [0.2, 0.25) is 0 Å². The Kier molecular flexibility index (Phi) is 5.88. The smallest absolute Gasteiger partial charge is 0.313 e. The minimum Gasteiger partial charge on any atom is -0.435 e. The van der Waals surface area contributed by atoms with Crippen molar-refractivity contribution >= 4 is 5.97 Å². The standard InChI is InChI=1S/C18H34O3/c1-8-17(5,6)14(19)21-15(16(2,3)4)20-13-18(7)11-9-10-12-18/h15H,8-13H2,1-7H3. The summed E-state index contributed by atoms with van der Waals surface area (Å²) in [5.74, 6) is -0.165. The molecular weight excluding hydrogens is 264 g/mol. The van der Waals surface area contributed by atoms with Crippen molar-refractivity contribution < 1.29 is 14.3 Å². The third kappa shape index (κ3) is 5.28. The summed E-state index contributed by atoms with van der Waals surface area (Å²) in [6.07, 6.45) is 5.26. The van der Waals surface area contributed by atoms with E-state index >= 15 is 0 Å². The summed E-state index contributed by atoms with van der Waals surface area (Å²) in [5.41, 5.74) is -0.422. The average molecular weight is 298 g/mol. The molecule has 0 spiro atoms. The Balaban J connectivity index is 2.67. The molecule has 0 aromatic heterocycles. The van der Waals surface area contributed by atoms with Crippen LogP contribution in [0.1, 0.15) is 80.6 Å². The first kappa shape index (κ1) is 18.5. The monoisotopic (exact) mass is 298 g/mol. The van der Waals surface area contributed by atoms with Crippen molar-refractivity contribution in [2.45, 2.75) is 86.9 Å². The van der Waals surface area contributed by atoms with Crippen LogP contribution in [0.15, 0.2) is 0 Å². The van der Waals surface area contributed by atoms with Crippen molar-refractivity contribution in [3.05, 3.63) is 0 Å². The predicted octanol–water partition coefficient (Wildman–Crippen LogP) is 4.93. The van der Waals surface area contributed by atoms with Crippen molar-refractivity contribution in [3.63, 3.8) is 0 Å². The third-order valence-corrected chi connectivity index (χ3v) is 4.75. The van der Waals surface area contributed by atoms with Gasteiger partial charge in [-0.15, -0.1) is 0 Å². The van der Waals surface area contributed by atoms with Crippen LogP contribution < -0.4 is 0 Å². The van der Waals surface area contributed by atoms with E-state index in [9.17, 15) is 4.79 Å². The number of carbonyl (C=O) groups is 1. The largest absolute Gasteiger partial charge is 0.435 e. The molecule has 1 rings (SSSR count). The lowest BCUT2D eigenvalue weighted by atomic mass is 9.89. The zero-order valence-electron chi connectivity index (χ0n) is 15.0. The van der Waals surface area contributed by atoms with E-state index in [0.717, 1.165) is 6.42 Å². The van der Waals surface area contributed by atoms with Crippen LogP contribution in [0.4, 0.5) is 0 Å². The van der Waals surface area contributed by atoms with Gasteiger partial charge in [0.15, 0.2) is 0 Å². The second-order valence-corrected chi connectivity index (χ2v) is 8.67. The molecule has 0 bridgehead atoms. The molecule has 3 nitrogen and oxygen atoms in total. The predicted molar refractivity (Wildman–Crippen MR) is 85.9 cm³/mol. The van der Waals surface area contributed by atoms with E-state index < -0.39 is 11.7 Å². The molecule has 1 fully saturated rings. The van der Waals surface area contributed by atoms with Gasteiger partial charge in [0.2, 0.25) is 6.29 Å². The Bertz CT molecular complexity index is 346. The highest BCUT2D eigenvalue weighted by atomic mass is 16.7. The molecule has 0 aliphatic heterocycles. The van der Waals surface area contributed by atoms with Crippen LogP contribution in [0.3, 0.4) is 0 Å². The first-order valence-corrected chi connectivity index (χ1v) is 8.33. The van der Waals surface area contributed by atoms with Crippen molar-refractivity contribution in [1.82, 2.24) is 0 Å². The van der Waals surface area contributed by atoms with E-state index in [2.05, 4.69) is 27.7 Å². The highest BCUT2D eigenvalue weighted by Crippen LogP contribution is 2.39. The number of hydrogen-bond donors (Lipinski definition) is 0. The van der Waals surface area contributed by atoms with Gasteiger partial charge in [-0.25, -0.2) is 0 Å². The van der Waals surface area contributed by atoms with E-state index in [1.165, 1.54) is 25.7 Å². The van der Waals surface area contributed by atoms with E-state index in [1.807, 2.05) is 20.8 Å². The molecule has 0 saturated heterocycles. The Morgan fingerprint density at radius 1 is 1.14 bits per heavy atom. The molecule has 1 saturated carbocycles. The van der Waals surface area contributed by atoms with Crippen LogP contribution >= 0.6 is 0 Å². The van der Waals surface area contributed by atoms with Crippen molar-refractivity contribution in [1.29, 1.82) is 0 Å². The van der Waals surface area contributed by atoms with E-state index in [-0.39, 0.29) is 16.8 Å². The topological polar surface area (TPSA) is 35.5 Å². The molecule has 124 valence electrons. The Labute approximate surface area is 130 Å². The van der Waals surface area contributed by atoms with Gasteiger partial charge in [-0.05, 0) is 38.5 Å². The molecule has 0 aromatic carbocycles. The van der Waals surface area contributed by atoms with Crippen LogP contribution in [-0.2, 0) is 14.3 Å². The maximum Gasteiger partial charge on any atom is 0.313 e. The molecule has 0 heterocycles. The van der Waals surface area contributed by atoms with Crippen molar-refractivity contribution in [2.24, 2.45) is 16.2 Å². The lowest BCUT2D eigenvalue weighted by molar-refractivity contribution is -0.219. The number of carbonyl (C=O) groups excluding carboxylic acids is 1. The normalized spacial score (nSPS) is 20.3. The van der Waals surface area contributed by atoms with E-state index in [4.69, 9.17) is 9.47 Å². The lowest BCUT2D eigenvalue weighted by Crippen LogP contribution is -2.40. The Hall–Kier alpha value is -0.570. The first-order valence-electron chi connectivity index (χ1n) is 8.33. The summed E-state index contributed by atoms with van der Waals surface area (Å²) in [7, 11) is 0. The number of ether oxygens (including phenoxy) is 2. The quantitative estimate of drug-likeness (QED) is 0.515. The van der Waals surface area contributed by atoms with Gasteiger partial charge in [0, 0.05) is 5.41 Å². The highest BCUT2D eigenvalue weighted by Gasteiger charge is 2.37. The number of rotatable bonds is 6. The van der Waals surface area contributed by atoms with Crippen molar-refractivity contribution in [3.8, 4) is 0 Å². The fourth-order valence-corrected chi connectivity index (χ4v) is 2.51. The maximum absolute atomic E-state index is 12.3. The molecule has 1 atom stereocenters. The molecule has 0 aromatic rings. The van der Waals surface area contributed by atoms with Crippen molar-refractivity contribution in [2.75, 3.05) is 6.61 Å². The minimum absolute atomic E-state index is 0.165. The van der Waals surface area contributed by atoms with E-state index in [0.29, 0.717) is 6.61 Å². The summed E-state index contributed by atoms with van der Waals surface area (Å²) in [5, 5.41) is 0. The molecule has 0 radical (unpaired) electrons. The summed E-state index contributed by atoms with van der Waals surface area (Å²) < 4.78 is 11.8. The van der Waals surface area contributed by atoms with Gasteiger partial charge >= 0.3 is 5.97 Å². The van der Waals surface area contributed by atoms with E-state index in [1.54, 1.807) is 0 Å². The number of esters is 1. The summed E-state index contributed by atoms with van der Waals surface area (Å²) >= 11 is 0. The van der Waals surface area contributed by atoms with Gasteiger partial charge in [0.05, 0.1) is 12.0 Å². The van der Waals surface area contributed by atoms with Crippen LogP contribution in [0.25, 0.3) is 0 Å². The first-order chi connectivity index (χ1) is 9.50. The fourth-order valence-electron chi connectivity index (χ4n) is 2.51. The molecule has 0 amide bonds. The second-order valence-electron chi connectivity index (χ2n) is 8.67. The Morgan fingerprint density at radius 3 is 2.10 bits per heavy atom. The zero-order chi connectivity index (χ0) is 16.3. The number of hydrogen-bond acceptors (Lipinski definition) is 3. The molecule has 1 aliphatic carbocycles. The third-order valence-electron chi connectivity index (χ3n) is 4.75. The summed E-state index contributed by atoms with van der Waals surface area (Å²) in [6.45, 7) is 15.0. The van der Waals surface area contributed by atoms with Crippen LogP contribution in [0.5, 0.6) is 0 Å². The van der Waals surface area contributed by atoms with Gasteiger partial charge in [0.1, 0.15) is 0 Å². The molecule has 3 heteroatoms. The second kappa shape index (κ2) is 6.68. The van der Waals surface area contributed by atoms with Gasteiger partial charge < -0.3 is 9.47 Å². The zero-order valence-corrected chi connectivity index (χ0v) is 15.0. The molecule has 0 N–H and O–H groups in total. The SMILES string of the molecule is CCC(C)(C)C(=O)OC(OCC1(C)CCCC1)C(C)(C)C. The van der Waals surface area contributed by atoms with Gasteiger partial charge in [-0.1, -0.05) is 47.5 Å². The van der Waals surface area contributed by atoms with Gasteiger partial charge in [-0.3, -0.25) is 4.79 Å². The fraction of sp³-hybridized carbons (Fsp3) is 0.944. The maximum atomic E-state index is 12.3. The molecule has 1 aliphatic rings.